The lowest BCUT2D eigenvalue weighted by Crippen LogP contribution is -2.20. The van der Waals surface area contributed by atoms with Crippen LogP contribution in [0.3, 0.4) is 0 Å². The van der Waals surface area contributed by atoms with Crippen LogP contribution in [-0.4, -0.2) is 32.9 Å². The molecular formula is C12H18ClNO2. The van der Waals surface area contributed by atoms with Gasteiger partial charge in [-0.3, -0.25) is 4.90 Å². The Morgan fingerprint density at radius 3 is 2.56 bits per heavy atom. The van der Waals surface area contributed by atoms with Crippen LogP contribution >= 0.6 is 11.6 Å². The standard InChI is InChI=1S/C12H18ClNO2/c1-9-5-12(16-4)11(13)6-10(9)7-14(2)8-15-3/h5-6H,7-8H2,1-4H3. The smallest absolute Gasteiger partial charge is 0.137 e. The molecule has 0 atom stereocenters. The van der Waals surface area contributed by atoms with Crippen molar-refractivity contribution >= 4 is 11.6 Å². The maximum atomic E-state index is 6.09. The number of rotatable bonds is 5. The predicted octanol–water partition coefficient (Wildman–Crippen LogP) is 2.69. The minimum atomic E-state index is 0.600. The maximum Gasteiger partial charge on any atom is 0.137 e. The van der Waals surface area contributed by atoms with Crippen LogP contribution in [0.15, 0.2) is 12.1 Å². The Hall–Kier alpha value is -0.770. The van der Waals surface area contributed by atoms with E-state index in [0.29, 0.717) is 11.8 Å². The van der Waals surface area contributed by atoms with Gasteiger partial charge in [0.25, 0.3) is 0 Å². The normalized spacial score (nSPS) is 10.9. The Labute approximate surface area is 102 Å². The van der Waals surface area contributed by atoms with Gasteiger partial charge in [0.1, 0.15) is 5.75 Å². The van der Waals surface area contributed by atoms with Crippen LogP contribution in [0.2, 0.25) is 5.02 Å². The van der Waals surface area contributed by atoms with Gasteiger partial charge in [-0.25, -0.2) is 0 Å². The van der Waals surface area contributed by atoms with Crippen molar-refractivity contribution in [3.05, 3.63) is 28.3 Å². The highest BCUT2D eigenvalue weighted by Gasteiger charge is 2.08. The summed E-state index contributed by atoms with van der Waals surface area (Å²) in [7, 11) is 5.31. The molecule has 0 fully saturated rings. The highest BCUT2D eigenvalue weighted by atomic mass is 35.5. The first-order valence-electron chi connectivity index (χ1n) is 5.09. The lowest BCUT2D eigenvalue weighted by atomic mass is 10.1. The van der Waals surface area contributed by atoms with Crippen LogP contribution in [0, 0.1) is 6.92 Å². The van der Waals surface area contributed by atoms with E-state index < -0.39 is 0 Å². The summed E-state index contributed by atoms with van der Waals surface area (Å²) in [6, 6.07) is 3.90. The molecule has 0 spiro atoms. The predicted molar refractivity (Wildman–Crippen MR) is 66.1 cm³/mol. The molecule has 0 aromatic heterocycles. The third-order valence-corrected chi connectivity index (χ3v) is 2.70. The summed E-state index contributed by atoms with van der Waals surface area (Å²) in [5, 5.41) is 0.647. The maximum absolute atomic E-state index is 6.09. The molecule has 0 aliphatic rings. The SMILES string of the molecule is COCN(C)Cc1cc(Cl)c(OC)cc1C. The third-order valence-electron chi connectivity index (χ3n) is 2.40. The fourth-order valence-corrected chi connectivity index (χ4v) is 1.84. The molecule has 0 N–H and O–H groups in total. The third kappa shape index (κ3) is 3.37. The number of hydrogen-bond acceptors (Lipinski definition) is 3. The van der Waals surface area contributed by atoms with Gasteiger partial charge < -0.3 is 9.47 Å². The van der Waals surface area contributed by atoms with Crippen molar-refractivity contribution < 1.29 is 9.47 Å². The van der Waals surface area contributed by atoms with Gasteiger partial charge in [0.2, 0.25) is 0 Å². The Morgan fingerprint density at radius 1 is 1.31 bits per heavy atom. The minimum absolute atomic E-state index is 0.600. The molecule has 0 unspecified atom stereocenters. The summed E-state index contributed by atoms with van der Waals surface area (Å²) < 4.78 is 10.2. The Bertz CT molecular complexity index is 355. The number of aryl methyl sites for hydroxylation is 1. The molecule has 0 bridgehead atoms. The lowest BCUT2D eigenvalue weighted by molar-refractivity contribution is 0.0770. The monoisotopic (exact) mass is 243 g/mol. The number of ether oxygens (including phenoxy) is 2. The zero-order valence-corrected chi connectivity index (χ0v) is 11.0. The summed E-state index contributed by atoms with van der Waals surface area (Å²) in [6.45, 7) is 3.46. The average Bonchev–Trinajstić information content (AvgIpc) is 2.23. The summed E-state index contributed by atoms with van der Waals surface area (Å²) in [4.78, 5) is 2.07. The van der Waals surface area contributed by atoms with E-state index in [-0.39, 0.29) is 0 Å². The molecule has 1 aromatic carbocycles. The first kappa shape index (κ1) is 13.3. The van der Waals surface area contributed by atoms with Gasteiger partial charge in [-0.2, -0.15) is 0 Å². The van der Waals surface area contributed by atoms with Gasteiger partial charge in [0.05, 0.1) is 18.9 Å². The van der Waals surface area contributed by atoms with E-state index in [1.807, 2.05) is 19.2 Å². The van der Waals surface area contributed by atoms with E-state index in [1.165, 1.54) is 11.1 Å². The summed E-state index contributed by atoms with van der Waals surface area (Å²) in [5.41, 5.74) is 2.36. The Balaban J connectivity index is 2.85. The quantitative estimate of drug-likeness (QED) is 0.743. The van der Waals surface area contributed by atoms with Gasteiger partial charge in [-0.1, -0.05) is 11.6 Å². The van der Waals surface area contributed by atoms with Gasteiger partial charge in [-0.15, -0.1) is 0 Å². The van der Waals surface area contributed by atoms with Crippen molar-refractivity contribution in [1.82, 2.24) is 4.90 Å². The van der Waals surface area contributed by atoms with Crippen LogP contribution in [0.25, 0.3) is 0 Å². The summed E-state index contributed by atoms with van der Waals surface area (Å²) >= 11 is 6.09. The molecule has 0 aliphatic heterocycles. The molecule has 0 saturated carbocycles. The molecule has 90 valence electrons. The molecule has 0 radical (unpaired) electrons. The highest BCUT2D eigenvalue weighted by Crippen LogP contribution is 2.28. The molecule has 16 heavy (non-hydrogen) atoms. The van der Waals surface area contributed by atoms with E-state index in [4.69, 9.17) is 21.1 Å². The van der Waals surface area contributed by atoms with Crippen molar-refractivity contribution in [2.24, 2.45) is 0 Å². The van der Waals surface area contributed by atoms with Crippen LogP contribution in [0.5, 0.6) is 5.75 Å². The minimum Gasteiger partial charge on any atom is -0.495 e. The molecule has 0 amide bonds. The van der Waals surface area contributed by atoms with E-state index in [2.05, 4.69) is 11.8 Å². The molecule has 3 nitrogen and oxygen atoms in total. The van der Waals surface area contributed by atoms with E-state index in [9.17, 15) is 0 Å². The zero-order valence-electron chi connectivity index (χ0n) is 10.2. The summed E-state index contributed by atoms with van der Waals surface area (Å²) in [6.07, 6.45) is 0. The van der Waals surface area contributed by atoms with Crippen LogP contribution in [0.4, 0.5) is 0 Å². The van der Waals surface area contributed by atoms with Crippen molar-refractivity contribution in [2.45, 2.75) is 13.5 Å². The lowest BCUT2D eigenvalue weighted by Gasteiger charge is -2.17. The Kier molecular flexibility index (Phi) is 5.06. The highest BCUT2D eigenvalue weighted by molar-refractivity contribution is 6.32. The topological polar surface area (TPSA) is 21.7 Å². The van der Waals surface area contributed by atoms with Gasteiger partial charge in [-0.05, 0) is 37.2 Å². The van der Waals surface area contributed by atoms with E-state index >= 15 is 0 Å². The van der Waals surface area contributed by atoms with E-state index in [1.54, 1.807) is 14.2 Å². The molecule has 0 aliphatic carbocycles. The van der Waals surface area contributed by atoms with Gasteiger partial charge >= 0.3 is 0 Å². The van der Waals surface area contributed by atoms with Crippen LogP contribution < -0.4 is 4.74 Å². The van der Waals surface area contributed by atoms with Crippen molar-refractivity contribution in [2.75, 3.05) is 28.0 Å². The zero-order chi connectivity index (χ0) is 12.1. The fraction of sp³-hybridized carbons (Fsp3) is 0.500. The van der Waals surface area contributed by atoms with Crippen molar-refractivity contribution in [1.29, 1.82) is 0 Å². The first-order chi connectivity index (χ1) is 7.58. The Morgan fingerprint density at radius 2 is 2.00 bits per heavy atom. The second-order valence-electron chi connectivity index (χ2n) is 3.85. The van der Waals surface area contributed by atoms with Crippen molar-refractivity contribution in [3.63, 3.8) is 0 Å². The molecule has 0 heterocycles. The molecule has 0 saturated heterocycles. The first-order valence-corrected chi connectivity index (χ1v) is 5.46. The number of benzene rings is 1. The van der Waals surface area contributed by atoms with E-state index in [0.717, 1.165) is 12.3 Å². The molecule has 1 aromatic rings. The second-order valence-corrected chi connectivity index (χ2v) is 4.25. The molecular weight excluding hydrogens is 226 g/mol. The van der Waals surface area contributed by atoms with Gasteiger partial charge in [0.15, 0.2) is 0 Å². The number of hydrogen-bond donors (Lipinski definition) is 0. The largest absolute Gasteiger partial charge is 0.495 e. The van der Waals surface area contributed by atoms with Gasteiger partial charge in [0, 0.05) is 13.7 Å². The fourth-order valence-electron chi connectivity index (χ4n) is 1.58. The second kappa shape index (κ2) is 6.09. The number of nitrogens with zero attached hydrogens (tertiary/aromatic N) is 1. The molecule has 1 rings (SSSR count). The molecule has 4 heteroatoms. The van der Waals surface area contributed by atoms with Crippen LogP contribution in [-0.2, 0) is 11.3 Å². The number of halogens is 1. The summed E-state index contributed by atoms with van der Waals surface area (Å²) in [5.74, 6) is 0.720. The average molecular weight is 244 g/mol. The number of methoxy groups -OCH3 is 2. The van der Waals surface area contributed by atoms with Crippen LogP contribution in [0.1, 0.15) is 11.1 Å². The van der Waals surface area contributed by atoms with Crippen molar-refractivity contribution in [3.8, 4) is 5.75 Å².